The van der Waals surface area contributed by atoms with Crippen LogP contribution in [0.2, 0.25) is 0 Å². The number of amides is 2. The van der Waals surface area contributed by atoms with Crippen molar-refractivity contribution in [1.29, 1.82) is 0 Å². The summed E-state index contributed by atoms with van der Waals surface area (Å²) >= 11 is 1.61. The number of carbonyl (C=O) groups excluding carboxylic acids is 2. The molecule has 2 aromatic rings. The van der Waals surface area contributed by atoms with Gasteiger partial charge in [-0.3, -0.25) is 9.59 Å². The molecular weight excluding hydrogens is 352 g/mol. The summed E-state index contributed by atoms with van der Waals surface area (Å²) < 4.78 is 5.85. The minimum Gasteiger partial charge on any atom is -0.420 e. The number of nitrogens with one attached hydrogen (secondary N) is 2. The zero-order valence-electron chi connectivity index (χ0n) is 14.4. The molecular formula is C18H22N4O3S. The first kappa shape index (κ1) is 17.2. The van der Waals surface area contributed by atoms with Crippen molar-refractivity contribution in [3.63, 3.8) is 0 Å². The van der Waals surface area contributed by atoms with E-state index in [1.54, 1.807) is 11.3 Å². The smallest absolute Gasteiger partial charge is 0.248 e. The third-order valence-corrected chi connectivity index (χ3v) is 5.96. The molecule has 1 aliphatic carbocycles. The van der Waals surface area contributed by atoms with E-state index in [0.717, 1.165) is 37.1 Å². The maximum Gasteiger partial charge on any atom is 0.248 e. The Morgan fingerprint density at radius 3 is 2.81 bits per heavy atom. The molecule has 0 unspecified atom stereocenters. The number of carbonyl (C=O) groups is 2. The second-order valence-electron chi connectivity index (χ2n) is 7.08. The Kier molecular flexibility index (Phi) is 5.01. The molecule has 2 aliphatic rings. The summed E-state index contributed by atoms with van der Waals surface area (Å²) in [6.45, 7) is 0.669. The van der Waals surface area contributed by atoms with E-state index in [2.05, 4.69) is 20.8 Å². The molecule has 0 spiro atoms. The normalized spacial score (nSPS) is 25.8. The molecule has 0 bridgehead atoms. The lowest BCUT2D eigenvalue weighted by Gasteiger charge is -2.27. The van der Waals surface area contributed by atoms with E-state index in [4.69, 9.17) is 4.42 Å². The van der Waals surface area contributed by atoms with Gasteiger partial charge < -0.3 is 15.1 Å². The predicted octanol–water partition coefficient (Wildman–Crippen LogP) is 2.47. The van der Waals surface area contributed by atoms with Gasteiger partial charge in [0.2, 0.25) is 23.6 Å². The quantitative estimate of drug-likeness (QED) is 0.838. The van der Waals surface area contributed by atoms with Crippen molar-refractivity contribution in [1.82, 2.24) is 20.8 Å². The van der Waals surface area contributed by atoms with Crippen LogP contribution in [0.25, 0.3) is 11.5 Å². The van der Waals surface area contributed by atoms with Crippen LogP contribution in [0.15, 0.2) is 21.2 Å². The Labute approximate surface area is 155 Å². The molecule has 7 nitrogen and oxygen atoms in total. The summed E-state index contributed by atoms with van der Waals surface area (Å²) in [5.74, 6) is 1.99. The molecule has 3 heterocycles. The average molecular weight is 374 g/mol. The second kappa shape index (κ2) is 7.57. The van der Waals surface area contributed by atoms with Crippen molar-refractivity contribution in [3.8, 4) is 11.5 Å². The lowest BCUT2D eigenvalue weighted by molar-refractivity contribution is -0.125. The molecule has 138 valence electrons. The van der Waals surface area contributed by atoms with E-state index >= 15 is 0 Å². The molecule has 0 aromatic carbocycles. The zero-order valence-corrected chi connectivity index (χ0v) is 15.3. The molecule has 2 aromatic heterocycles. The van der Waals surface area contributed by atoms with Crippen molar-refractivity contribution in [2.75, 3.05) is 6.54 Å². The van der Waals surface area contributed by atoms with Crippen LogP contribution in [0, 0.1) is 5.92 Å². The zero-order chi connectivity index (χ0) is 17.9. The van der Waals surface area contributed by atoms with Crippen molar-refractivity contribution in [2.45, 2.75) is 50.5 Å². The van der Waals surface area contributed by atoms with Gasteiger partial charge in [-0.15, -0.1) is 10.2 Å². The fourth-order valence-corrected chi connectivity index (χ4v) is 4.32. The third-order valence-electron chi connectivity index (χ3n) is 5.28. The summed E-state index contributed by atoms with van der Waals surface area (Å²) in [7, 11) is 0. The molecule has 1 saturated heterocycles. The number of rotatable bonds is 5. The summed E-state index contributed by atoms with van der Waals surface area (Å²) in [6, 6.07) is 1.63. The Hall–Kier alpha value is -2.22. The minimum absolute atomic E-state index is 0.0352. The van der Waals surface area contributed by atoms with Crippen molar-refractivity contribution < 1.29 is 14.0 Å². The maximum absolute atomic E-state index is 12.1. The fourth-order valence-electron chi connectivity index (χ4n) is 3.69. The number of aromatic nitrogens is 2. The number of hydrogen-bond donors (Lipinski definition) is 2. The van der Waals surface area contributed by atoms with Gasteiger partial charge in [-0.1, -0.05) is 0 Å². The van der Waals surface area contributed by atoms with Gasteiger partial charge in [0.15, 0.2) is 0 Å². The summed E-state index contributed by atoms with van der Waals surface area (Å²) in [6.07, 6.45) is 5.08. The molecule has 0 radical (unpaired) electrons. The molecule has 2 N–H and O–H groups in total. The number of hydrogen-bond acceptors (Lipinski definition) is 6. The molecule has 4 rings (SSSR count). The first-order valence-electron chi connectivity index (χ1n) is 9.12. The lowest BCUT2D eigenvalue weighted by Crippen LogP contribution is -2.43. The maximum atomic E-state index is 12.1. The molecule has 26 heavy (non-hydrogen) atoms. The third kappa shape index (κ3) is 3.80. The van der Waals surface area contributed by atoms with Crippen LogP contribution in [-0.2, 0) is 9.59 Å². The van der Waals surface area contributed by atoms with Crippen molar-refractivity contribution >= 4 is 23.2 Å². The van der Waals surface area contributed by atoms with Gasteiger partial charge in [-0.25, -0.2) is 0 Å². The molecule has 2 fully saturated rings. The number of nitrogens with zero attached hydrogens (tertiary/aromatic N) is 2. The van der Waals surface area contributed by atoms with Gasteiger partial charge in [-0.2, -0.15) is 11.3 Å². The Balaban J connectivity index is 1.24. The lowest BCUT2D eigenvalue weighted by atomic mass is 9.82. The monoisotopic (exact) mass is 374 g/mol. The summed E-state index contributed by atoms with van der Waals surface area (Å²) in [4.78, 5) is 23.3. The highest BCUT2D eigenvalue weighted by Crippen LogP contribution is 2.36. The molecule has 1 atom stereocenters. The Morgan fingerprint density at radius 2 is 2.12 bits per heavy atom. The summed E-state index contributed by atoms with van der Waals surface area (Å²) in [5.41, 5.74) is 0.976. The Morgan fingerprint density at radius 1 is 1.27 bits per heavy atom. The highest BCUT2D eigenvalue weighted by Gasteiger charge is 2.29. The van der Waals surface area contributed by atoms with Crippen LogP contribution in [0.5, 0.6) is 0 Å². The van der Waals surface area contributed by atoms with Crippen LogP contribution < -0.4 is 10.6 Å². The minimum atomic E-state index is -0.354. The van der Waals surface area contributed by atoms with Crippen LogP contribution in [-0.4, -0.2) is 34.6 Å². The molecule has 2 amide bonds. The fraction of sp³-hybridized carbons (Fsp3) is 0.556. The standard InChI is InChI=1S/C18H22N4O3S/c23-15-6-5-14(20-15)16(24)19-9-11-1-3-12(4-2-11)17-21-22-18(25-17)13-7-8-26-10-13/h7-8,10-12,14H,1-6,9H2,(H,19,24)(H,20,23)/t11?,12?,14-/m0/s1. The van der Waals surface area contributed by atoms with Gasteiger partial charge in [0, 0.05) is 29.8 Å². The van der Waals surface area contributed by atoms with Crippen LogP contribution in [0.1, 0.15) is 50.3 Å². The van der Waals surface area contributed by atoms with Gasteiger partial charge in [-0.05, 0) is 49.5 Å². The first-order valence-corrected chi connectivity index (χ1v) is 10.1. The predicted molar refractivity (Wildman–Crippen MR) is 96.5 cm³/mol. The van der Waals surface area contributed by atoms with E-state index < -0.39 is 0 Å². The van der Waals surface area contributed by atoms with Crippen LogP contribution in [0.3, 0.4) is 0 Å². The van der Waals surface area contributed by atoms with E-state index in [-0.39, 0.29) is 17.9 Å². The van der Waals surface area contributed by atoms with Gasteiger partial charge >= 0.3 is 0 Å². The molecule has 8 heteroatoms. The van der Waals surface area contributed by atoms with E-state index in [1.165, 1.54) is 0 Å². The first-order chi connectivity index (χ1) is 12.7. The van der Waals surface area contributed by atoms with Crippen molar-refractivity contribution in [3.05, 3.63) is 22.7 Å². The SMILES string of the molecule is O=C1CC[C@@H](C(=O)NCC2CCC(c3nnc(-c4ccsc4)o3)CC2)N1. The second-order valence-corrected chi connectivity index (χ2v) is 7.86. The summed E-state index contributed by atoms with van der Waals surface area (Å²) in [5, 5.41) is 18.1. The van der Waals surface area contributed by atoms with Gasteiger partial charge in [0.05, 0.1) is 0 Å². The highest BCUT2D eigenvalue weighted by atomic mass is 32.1. The van der Waals surface area contributed by atoms with Crippen LogP contribution in [0.4, 0.5) is 0 Å². The van der Waals surface area contributed by atoms with Gasteiger partial charge in [0.1, 0.15) is 6.04 Å². The van der Waals surface area contributed by atoms with E-state index in [9.17, 15) is 9.59 Å². The van der Waals surface area contributed by atoms with Crippen molar-refractivity contribution in [2.24, 2.45) is 5.92 Å². The van der Waals surface area contributed by atoms with Gasteiger partial charge in [0.25, 0.3) is 0 Å². The van der Waals surface area contributed by atoms with E-state index in [0.29, 0.717) is 37.1 Å². The van der Waals surface area contributed by atoms with E-state index in [1.807, 2.05) is 16.8 Å². The molecule has 1 saturated carbocycles. The largest absolute Gasteiger partial charge is 0.420 e. The number of thiophene rings is 1. The topological polar surface area (TPSA) is 97.1 Å². The van der Waals surface area contributed by atoms with Crippen LogP contribution >= 0.6 is 11.3 Å². The molecule has 1 aliphatic heterocycles. The highest BCUT2D eigenvalue weighted by molar-refractivity contribution is 7.08. The Bertz CT molecular complexity index is 765. The average Bonchev–Trinajstić information content (AvgIpc) is 3.40.